The number of halogens is 1. The Bertz CT molecular complexity index is 478. The second-order valence-corrected chi connectivity index (χ2v) is 7.13. The number of carbonyl (C=O) groups is 1. The van der Waals surface area contributed by atoms with Crippen molar-refractivity contribution in [2.24, 2.45) is 5.92 Å². The monoisotopic (exact) mass is 337 g/mol. The molecule has 1 aromatic rings. The topological polar surface area (TPSA) is 20.3 Å². The molecule has 0 atom stereocenters. The molecule has 1 amide bonds. The highest BCUT2D eigenvalue weighted by Crippen LogP contribution is 2.28. The molecule has 1 aromatic carbocycles. The van der Waals surface area contributed by atoms with Crippen molar-refractivity contribution in [2.75, 3.05) is 6.54 Å². The van der Waals surface area contributed by atoms with Gasteiger partial charge in [-0.3, -0.25) is 4.79 Å². The number of carbonyl (C=O) groups excluding carboxylic acids is 1. The summed E-state index contributed by atoms with van der Waals surface area (Å²) in [5.74, 6) is 0.682. The maximum Gasteiger partial charge on any atom is 0.255 e. The van der Waals surface area contributed by atoms with Crippen molar-refractivity contribution in [3.05, 3.63) is 33.8 Å². The van der Waals surface area contributed by atoms with Crippen LogP contribution < -0.4 is 0 Å². The second kappa shape index (κ2) is 6.75. The molecule has 0 unspecified atom stereocenters. The van der Waals surface area contributed by atoms with E-state index in [4.69, 9.17) is 0 Å². The molecule has 20 heavy (non-hydrogen) atoms. The van der Waals surface area contributed by atoms with E-state index >= 15 is 0 Å². The molecule has 2 rings (SSSR count). The minimum Gasteiger partial charge on any atom is -0.335 e. The van der Waals surface area contributed by atoms with Gasteiger partial charge in [-0.15, -0.1) is 0 Å². The molecule has 3 heteroatoms. The lowest BCUT2D eigenvalue weighted by atomic mass is 10.1. The SMILES string of the molecule is Cc1ccc(C(=O)N(CC(C)C)C2CCCC2)c(Br)c1. The maximum absolute atomic E-state index is 12.9. The van der Waals surface area contributed by atoms with E-state index in [9.17, 15) is 4.79 Å². The first kappa shape index (κ1) is 15.6. The van der Waals surface area contributed by atoms with E-state index in [1.54, 1.807) is 0 Å². The Morgan fingerprint density at radius 1 is 1.35 bits per heavy atom. The first-order valence-corrected chi connectivity index (χ1v) is 8.35. The number of amides is 1. The Balaban J connectivity index is 2.24. The summed E-state index contributed by atoms with van der Waals surface area (Å²) >= 11 is 3.54. The van der Waals surface area contributed by atoms with Gasteiger partial charge in [0.25, 0.3) is 5.91 Å². The van der Waals surface area contributed by atoms with E-state index in [1.807, 2.05) is 25.1 Å². The summed E-state index contributed by atoms with van der Waals surface area (Å²) in [5, 5.41) is 0. The molecular weight excluding hydrogens is 314 g/mol. The van der Waals surface area contributed by atoms with E-state index in [0.717, 1.165) is 29.4 Å². The third kappa shape index (κ3) is 3.63. The van der Waals surface area contributed by atoms with Gasteiger partial charge in [0.2, 0.25) is 0 Å². The molecule has 0 radical (unpaired) electrons. The van der Waals surface area contributed by atoms with Gasteiger partial charge in [-0.2, -0.15) is 0 Å². The van der Waals surface area contributed by atoms with E-state index in [1.165, 1.54) is 18.4 Å². The van der Waals surface area contributed by atoms with Gasteiger partial charge in [0, 0.05) is 17.1 Å². The zero-order chi connectivity index (χ0) is 14.7. The lowest BCUT2D eigenvalue weighted by molar-refractivity contribution is 0.0654. The molecule has 1 fully saturated rings. The van der Waals surface area contributed by atoms with Gasteiger partial charge in [0.15, 0.2) is 0 Å². The van der Waals surface area contributed by atoms with E-state index < -0.39 is 0 Å². The minimum absolute atomic E-state index is 0.178. The molecule has 0 N–H and O–H groups in total. The van der Waals surface area contributed by atoms with Gasteiger partial charge in [0.1, 0.15) is 0 Å². The number of benzene rings is 1. The van der Waals surface area contributed by atoms with Crippen molar-refractivity contribution in [3.8, 4) is 0 Å². The van der Waals surface area contributed by atoms with Crippen LogP contribution >= 0.6 is 15.9 Å². The first-order chi connectivity index (χ1) is 9.49. The molecule has 0 spiro atoms. The van der Waals surface area contributed by atoms with Gasteiger partial charge >= 0.3 is 0 Å². The fraction of sp³-hybridized carbons (Fsp3) is 0.588. The molecule has 2 nitrogen and oxygen atoms in total. The Hall–Kier alpha value is -0.830. The second-order valence-electron chi connectivity index (χ2n) is 6.27. The van der Waals surface area contributed by atoms with Crippen LogP contribution in [0.3, 0.4) is 0 Å². The van der Waals surface area contributed by atoms with Crippen LogP contribution in [-0.2, 0) is 0 Å². The van der Waals surface area contributed by atoms with Crippen molar-refractivity contribution < 1.29 is 4.79 Å². The zero-order valence-electron chi connectivity index (χ0n) is 12.7. The first-order valence-electron chi connectivity index (χ1n) is 7.56. The van der Waals surface area contributed by atoms with Gasteiger partial charge in [-0.25, -0.2) is 0 Å². The number of aryl methyl sites for hydroxylation is 1. The van der Waals surface area contributed by atoms with E-state index in [0.29, 0.717) is 12.0 Å². The smallest absolute Gasteiger partial charge is 0.255 e. The van der Waals surface area contributed by atoms with Crippen molar-refractivity contribution in [2.45, 2.75) is 52.5 Å². The van der Waals surface area contributed by atoms with Crippen molar-refractivity contribution in [1.29, 1.82) is 0 Å². The molecule has 1 aliphatic carbocycles. The molecule has 0 heterocycles. The molecule has 0 aliphatic heterocycles. The molecule has 110 valence electrons. The summed E-state index contributed by atoms with van der Waals surface area (Å²) < 4.78 is 0.911. The summed E-state index contributed by atoms with van der Waals surface area (Å²) in [6.45, 7) is 7.25. The van der Waals surface area contributed by atoms with Crippen LogP contribution in [0.25, 0.3) is 0 Å². The highest BCUT2D eigenvalue weighted by molar-refractivity contribution is 9.10. The van der Waals surface area contributed by atoms with Crippen LogP contribution in [0.15, 0.2) is 22.7 Å². The van der Waals surface area contributed by atoms with Crippen LogP contribution in [0, 0.1) is 12.8 Å². The van der Waals surface area contributed by atoms with Crippen molar-refractivity contribution in [3.63, 3.8) is 0 Å². The zero-order valence-corrected chi connectivity index (χ0v) is 14.2. The summed E-state index contributed by atoms with van der Waals surface area (Å²) in [6, 6.07) is 6.41. The molecule has 0 bridgehead atoms. The van der Waals surface area contributed by atoms with Crippen LogP contribution in [0.4, 0.5) is 0 Å². The average molecular weight is 338 g/mol. The van der Waals surface area contributed by atoms with Crippen LogP contribution in [-0.4, -0.2) is 23.4 Å². The number of nitrogens with zero attached hydrogens (tertiary/aromatic N) is 1. The van der Waals surface area contributed by atoms with E-state index in [2.05, 4.69) is 34.7 Å². The Kier molecular flexibility index (Phi) is 5.25. The molecular formula is C17H24BrNO. The third-order valence-corrected chi connectivity index (χ3v) is 4.60. The summed E-state index contributed by atoms with van der Waals surface area (Å²) in [4.78, 5) is 15.0. The van der Waals surface area contributed by atoms with Crippen LogP contribution in [0.5, 0.6) is 0 Å². The molecule has 1 saturated carbocycles. The molecule has 0 saturated heterocycles. The average Bonchev–Trinajstić information content (AvgIpc) is 2.88. The fourth-order valence-electron chi connectivity index (χ4n) is 2.96. The standard InChI is InChI=1S/C17H24BrNO/c1-12(2)11-19(14-6-4-5-7-14)17(20)15-9-8-13(3)10-16(15)18/h8-10,12,14H,4-7,11H2,1-3H3. The maximum atomic E-state index is 12.9. The molecule has 1 aliphatic rings. The fourth-order valence-corrected chi connectivity index (χ4v) is 3.62. The lowest BCUT2D eigenvalue weighted by Crippen LogP contribution is -2.41. The predicted octanol–water partition coefficient (Wildman–Crippen LogP) is 4.80. The number of rotatable bonds is 4. The largest absolute Gasteiger partial charge is 0.335 e. The van der Waals surface area contributed by atoms with Gasteiger partial charge in [-0.1, -0.05) is 32.8 Å². The summed E-state index contributed by atoms with van der Waals surface area (Å²) in [6.07, 6.45) is 4.81. The quantitative estimate of drug-likeness (QED) is 0.772. The molecule has 0 aromatic heterocycles. The van der Waals surface area contributed by atoms with Gasteiger partial charge < -0.3 is 4.90 Å². The predicted molar refractivity (Wildman–Crippen MR) is 87.0 cm³/mol. The number of hydrogen-bond acceptors (Lipinski definition) is 1. The van der Waals surface area contributed by atoms with Gasteiger partial charge in [0.05, 0.1) is 5.56 Å². The summed E-state index contributed by atoms with van der Waals surface area (Å²) in [5.41, 5.74) is 1.97. The third-order valence-electron chi connectivity index (χ3n) is 3.94. The minimum atomic E-state index is 0.178. The van der Waals surface area contributed by atoms with Crippen molar-refractivity contribution >= 4 is 21.8 Å². The van der Waals surface area contributed by atoms with E-state index in [-0.39, 0.29) is 5.91 Å². The lowest BCUT2D eigenvalue weighted by Gasteiger charge is -2.31. The normalized spacial score (nSPS) is 15.8. The highest BCUT2D eigenvalue weighted by atomic mass is 79.9. The Morgan fingerprint density at radius 3 is 2.55 bits per heavy atom. The number of hydrogen-bond donors (Lipinski definition) is 0. The Morgan fingerprint density at radius 2 is 2.00 bits per heavy atom. The van der Waals surface area contributed by atoms with Crippen molar-refractivity contribution in [1.82, 2.24) is 4.90 Å². The highest BCUT2D eigenvalue weighted by Gasteiger charge is 2.28. The Labute approximate surface area is 130 Å². The van der Waals surface area contributed by atoms with Crippen LogP contribution in [0.1, 0.15) is 55.5 Å². The van der Waals surface area contributed by atoms with Crippen LogP contribution in [0.2, 0.25) is 0 Å². The van der Waals surface area contributed by atoms with Gasteiger partial charge in [-0.05, 0) is 59.3 Å². The summed E-state index contributed by atoms with van der Waals surface area (Å²) in [7, 11) is 0.